The van der Waals surface area contributed by atoms with Crippen LogP contribution in [-0.4, -0.2) is 22.0 Å². The van der Waals surface area contributed by atoms with E-state index in [2.05, 4.69) is 25.6 Å². The summed E-state index contributed by atoms with van der Waals surface area (Å²) in [5, 5.41) is 6.03. The fourth-order valence-corrected chi connectivity index (χ4v) is 1.33. The SMILES string of the molecule is CCc1cnc(CNc2cncc(NC)n2)o1. The van der Waals surface area contributed by atoms with E-state index < -0.39 is 0 Å². The van der Waals surface area contributed by atoms with Gasteiger partial charge in [0.1, 0.15) is 17.4 Å². The predicted octanol–water partition coefficient (Wildman–Crippen LogP) is 1.68. The lowest BCUT2D eigenvalue weighted by atomic mass is 10.4. The molecule has 0 unspecified atom stereocenters. The van der Waals surface area contributed by atoms with Gasteiger partial charge in [0.2, 0.25) is 5.89 Å². The van der Waals surface area contributed by atoms with Gasteiger partial charge in [-0.1, -0.05) is 6.92 Å². The molecule has 6 heteroatoms. The third kappa shape index (κ3) is 2.93. The number of aryl methyl sites for hydroxylation is 1. The van der Waals surface area contributed by atoms with Crippen molar-refractivity contribution in [2.24, 2.45) is 0 Å². The molecule has 0 spiro atoms. The number of hydrogen-bond donors (Lipinski definition) is 2. The number of oxazole rings is 1. The highest BCUT2D eigenvalue weighted by atomic mass is 16.4. The van der Waals surface area contributed by atoms with Crippen LogP contribution in [0.25, 0.3) is 0 Å². The van der Waals surface area contributed by atoms with Crippen molar-refractivity contribution in [1.29, 1.82) is 0 Å². The van der Waals surface area contributed by atoms with Gasteiger partial charge in [-0.3, -0.25) is 4.98 Å². The molecule has 2 N–H and O–H groups in total. The van der Waals surface area contributed by atoms with Gasteiger partial charge in [0.15, 0.2) is 0 Å². The van der Waals surface area contributed by atoms with E-state index in [0.29, 0.717) is 18.3 Å². The Morgan fingerprint density at radius 2 is 2.06 bits per heavy atom. The summed E-state index contributed by atoms with van der Waals surface area (Å²) in [4.78, 5) is 12.5. The van der Waals surface area contributed by atoms with Crippen LogP contribution in [0.3, 0.4) is 0 Å². The van der Waals surface area contributed by atoms with Crippen molar-refractivity contribution in [3.63, 3.8) is 0 Å². The molecule has 2 heterocycles. The minimum absolute atomic E-state index is 0.502. The molecule has 0 aliphatic rings. The second-order valence-electron chi connectivity index (χ2n) is 3.47. The third-order valence-electron chi connectivity index (χ3n) is 2.26. The molecule has 6 nitrogen and oxygen atoms in total. The van der Waals surface area contributed by atoms with Crippen molar-refractivity contribution in [2.45, 2.75) is 19.9 Å². The Morgan fingerprint density at radius 1 is 1.24 bits per heavy atom. The molecule has 0 aliphatic carbocycles. The summed E-state index contributed by atoms with van der Waals surface area (Å²) in [6, 6.07) is 0. The molecule has 0 aromatic carbocycles. The molecule has 0 atom stereocenters. The Balaban J connectivity index is 1.96. The highest BCUT2D eigenvalue weighted by molar-refractivity contribution is 5.40. The molecule has 0 saturated heterocycles. The summed E-state index contributed by atoms with van der Waals surface area (Å²) in [5.74, 6) is 2.94. The van der Waals surface area contributed by atoms with Crippen LogP contribution in [0, 0.1) is 0 Å². The van der Waals surface area contributed by atoms with Crippen LogP contribution < -0.4 is 10.6 Å². The molecule has 2 aromatic heterocycles. The van der Waals surface area contributed by atoms with Crippen LogP contribution >= 0.6 is 0 Å². The van der Waals surface area contributed by atoms with Crippen molar-refractivity contribution in [2.75, 3.05) is 17.7 Å². The zero-order valence-corrected chi connectivity index (χ0v) is 9.90. The number of nitrogens with one attached hydrogen (secondary N) is 2. The largest absolute Gasteiger partial charge is 0.444 e. The van der Waals surface area contributed by atoms with Gasteiger partial charge < -0.3 is 15.1 Å². The van der Waals surface area contributed by atoms with Gasteiger partial charge in [-0.2, -0.15) is 0 Å². The molecule has 0 aliphatic heterocycles. The quantitative estimate of drug-likeness (QED) is 0.818. The maximum Gasteiger partial charge on any atom is 0.213 e. The van der Waals surface area contributed by atoms with E-state index in [1.807, 2.05) is 6.92 Å². The molecule has 0 amide bonds. The Hall–Kier alpha value is -2.11. The van der Waals surface area contributed by atoms with Gasteiger partial charge in [-0.25, -0.2) is 9.97 Å². The van der Waals surface area contributed by atoms with E-state index in [4.69, 9.17) is 4.42 Å². The van der Waals surface area contributed by atoms with E-state index in [1.165, 1.54) is 0 Å². The third-order valence-corrected chi connectivity index (χ3v) is 2.26. The number of rotatable bonds is 5. The second kappa shape index (κ2) is 5.29. The normalized spacial score (nSPS) is 10.2. The summed E-state index contributed by atoms with van der Waals surface area (Å²) in [5.41, 5.74) is 0. The first kappa shape index (κ1) is 11.4. The lowest BCUT2D eigenvalue weighted by Gasteiger charge is -2.04. The number of hydrogen-bond acceptors (Lipinski definition) is 6. The zero-order chi connectivity index (χ0) is 12.1. The van der Waals surface area contributed by atoms with Gasteiger partial charge in [0.25, 0.3) is 0 Å². The van der Waals surface area contributed by atoms with Gasteiger partial charge in [0, 0.05) is 13.5 Å². The average molecular weight is 233 g/mol. The van der Waals surface area contributed by atoms with Crippen LogP contribution in [0.1, 0.15) is 18.6 Å². The Kier molecular flexibility index (Phi) is 3.54. The Bertz CT molecular complexity index is 482. The van der Waals surface area contributed by atoms with E-state index in [-0.39, 0.29) is 0 Å². The molecule has 2 rings (SSSR count). The Morgan fingerprint density at radius 3 is 2.76 bits per heavy atom. The minimum Gasteiger partial charge on any atom is -0.444 e. The van der Waals surface area contributed by atoms with Gasteiger partial charge in [-0.15, -0.1) is 0 Å². The van der Waals surface area contributed by atoms with Gasteiger partial charge in [-0.05, 0) is 0 Å². The molecule has 17 heavy (non-hydrogen) atoms. The zero-order valence-electron chi connectivity index (χ0n) is 9.90. The first-order valence-electron chi connectivity index (χ1n) is 5.49. The molecule has 0 bridgehead atoms. The van der Waals surface area contributed by atoms with Crippen molar-refractivity contribution in [3.8, 4) is 0 Å². The predicted molar refractivity (Wildman–Crippen MR) is 64.8 cm³/mol. The van der Waals surface area contributed by atoms with Crippen molar-refractivity contribution < 1.29 is 4.42 Å². The molecular weight excluding hydrogens is 218 g/mol. The molecule has 90 valence electrons. The first-order chi connectivity index (χ1) is 8.31. The molecule has 0 fully saturated rings. The number of nitrogens with zero attached hydrogens (tertiary/aromatic N) is 3. The maximum atomic E-state index is 5.47. The maximum absolute atomic E-state index is 5.47. The van der Waals surface area contributed by atoms with E-state index >= 15 is 0 Å². The summed E-state index contributed by atoms with van der Waals surface area (Å²) >= 11 is 0. The topological polar surface area (TPSA) is 75.9 Å². The monoisotopic (exact) mass is 233 g/mol. The summed E-state index contributed by atoms with van der Waals surface area (Å²) in [7, 11) is 1.80. The van der Waals surface area contributed by atoms with Crippen molar-refractivity contribution in [3.05, 3.63) is 30.2 Å². The lowest BCUT2D eigenvalue weighted by molar-refractivity contribution is 0.465. The minimum atomic E-state index is 0.502. The van der Waals surface area contributed by atoms with E-state index in [0.717, 1.165) is 18.0 Å². The summed E-state index contributed by atoms with van der Waals surface area (Å²) in [6.45, 7) is 2.53. The molecule has 0 radical (unpaired) electrons. The fourth-order valence-electron chi connectivity index (χ4n) is 1.33. The molecule has 0 saturated carbocycles. The fraction of sp³-hybridized carbons (Fsp3) is 0.364. The van der Waals surface area contributed by atoms with Crippen LogP contribution in [-0.2, 0) is 13.0 Å². The van der Waals surface area contributed by atoms with Gasteiger partial charge >= 0.3 is 0 Å². The Labute approximate surface area is 99.5 Å². The van der Waals surface area contributed by atoms with Crippen LogP contribution in [0.4, 0.5) is 11.6 Å². The van der Waals surface area contributed by atoms with Crippen LogP contribution in [0.5, 0.6) is 0 Å². The highest BCUT2D eigenvalue weighted by Gasteiger charge is 2.03. The van der Waals surface area contributed by atoms with Crippen LogP contribution in [0.15, 0.2) is 23.0 Å². The summed E-state index contributed by atoms with van der Waals surface area (Å²) < 4.78 is 5.47. The number of anilines is 2. The molecule has 2 aromatic rings. The average Bonchev–Trinajstić information content (AvgIpc) is 2.84. The number of aromatic nitrogens is 3. The second-order valence-corrected chi connectivity index (χ2v) is 3.47. The van der Waals surface area contributed by atoms with Crippen LogP contribution in [0.2, 0.25) is 0 Å². The van der Waals surface area contributed by atoms with E-state index in [9.17, 15) is 0 Å². The highest BCUT2D eigenvalue weighted by Crippen LogP contribution is 2.09. The molecular formula is C11H15N5O. The summed E-state index contributed by atoms with van der Waals surface area (Å²) in [6.07, 6.45) is 5.91. The first-order valence-corrected chi connectivity index (χ1v) is 5.49. The van der Waals surface area contributed by atoms with E-state index in [1.54, 1.807) is 25.6 Å². The lowest BCUT2D eigenvalue weighted by Crippen LogP contribution is -2.03. The van der Waals surface area contributed by atoms with Crippen molar-refractivity contribution in [1.82, 2.24) is 15.0 Å². The van der Waals surface area contributed by atoms with Crippen molar-refractivity contribution >= 4 is 11.6 Å². The smallest absolute Gasteiger partial charge is 0.213 e. The van der Waals surface area contributed by atoms with Gasteiger partial charge in [0.05, 0.1) is 25.1 Å². The standard InChI is InChI=1S/C11H15N5O/c1-3-8-4-15-11(17-8)7-14-10-6-13-5-9(12-2)16-10/h4-6H,3,7H2,1-2H3,(H2,12,14,16).